The van der Waals surface area contributed by atoms with Crippen LogP contribution in [0.3, 0.4) is 0 Å². The van der Waals surface area contributed by atoms with Crippen LogP contribution in [-0.2, 0) is 0 Å². The van der Waals surface area contributed by atoms with Crippen LogP contribution < -0.4 is 14.8 Å². The summed E-state index contributed by atoms with van der Waals surface area (Å²) in [6, 6.07) is 12.0. The van der Waals surface area contributed by atoms with Gasteiger partial charge in [-0.25, -0.2) is 9.97 Å². The number of aryl methyl sites for hydroxylation is 1. The van der Waals surface area contributed by atoms with E-state index < -0.39 is 5.79 Å². The molecule has 1 unspecified atom stereocenters. The van der Waals surface area contributed by atoms with Crippen molar-refractivity contribution >= 4 is 5.82 Å². The number of pyridine rings is 1. The molecule has 0 radical (unpaired) electrons. The van der Waals surface area contributed by atoms with E-state index in [0.717, 1.165) is 39.8 Å². The summed E-state index contributed by atoms with van der Waals surface area (Å²) in [4.78, 5) is 13.0. The summed E-state index contributed by atoms with van der Waals surface area (Å²) < 4.78 is 11.9. The highest BCUT2D eigenvalue weighted by molar-refractivity contribution is 5.61. The third-order valence-electron chi connectivity index (χ3n) is 4.71. The molecule has 6 heteroatoms. The third-order valence-corrected chi connectivity index (χ3v) is 4.71. The van der Waals surface area contributed by atoms with Gasteiger partial charge in [-0.3, -0.25) is 4.98 Å². The summed E-state index contributed by atoms with van der Waals surface area (Å²) in [5.74, 6) is 1.99. The highest BCUT2D eigenvalue weighted by atomic mass is 16.7. The normalized spacial score (nSPS) is 15.3. The van der Waals surface area contributed by atoms with Gasteiger partial charge >= 0.3 is 0 Å². The summed E-state index contributed by atoms with van der Waals surface area (Å²) in [7, 11) is 0. The van der Waals surface area contributed by atoms with Gasteiger partial charge in [-0.2, -0.15) is 0 Å². The number of nitrogens with one attached hydrogen (secondary N) is 1. The average Bonchev–Trinajstić information content (AvgIpc) is 3.00. The maximum atomic E-state index is 6.00. The number of para-hydroxylation sites is 1. The fraction of sp³-hybridized carbons (Fsp3) is 0.318. The molecule has 0 bridgehead atoms. The predicted molar refractivity (Wildman–Crippen MR) is 109 cm³/mol. The molecule has 144 valence electrons. The van der Waals surface area contributed by atoms with Crippen molar-refractivity contribution in [3.05, 3.63) is 60.2 Å². The van der Waals surface area contributed by atoms with Crippen LogP contribution >= 0.6 is 0 Å². The fourth-order valence-corrected chi connectivity index (χ4v) is 3.24. The maximum Gasteiger partial charge on any atom is 0.246 e. The molecule has 1 aromatic carbocycles. The summed E-state index contributed by atoms with van der Waals surface area (Å²) in [5, 5.41) is 3.41. The Morgan fingerprint density at radius 2 is 1.93 bits per heavy atom. The Bertz CT molecular complexity index is 986. The van der Waals surface area contributed by atoms with E-state index in [2.05, 4.69) is 33.3 Å². The van der Waals surface area contributed by atoms with E-state index in [1.165, 1.54) is 0 Å². The quantitative estimate of drug-likeness (QED) is 0.703. The first kappa shape index (κ1) is 18.2. The number of ether oxygens (including phenoxy) is 2. The number of nitrogens with zero attached hydrogens (tertiary/aromatic N) is 3. The summed E-state index contributed by atoms with van der Waals surface area (Å²) in [6.45, 7) is 8.67. The first-order valence-corrected chi connectivity index (χ1v) is 9.41. The van der Waals surface area contributed by atoms with Crippen LogP contribution in [0.1, 0.15) is 37.9 Å². The van der Waals surface area contributed by atoms with E-state index in [-0.39, 0.29) is 5.92 Å². The van der Waals surface area contributed by atoms with Crippen molar-refractivity contribution in [1.82, 2.24) is 15.0 Å². The minimum atomic E-state index is -0.630. The van der Waals surface area contributed by atoms with Gasteiger partial charge in [0, 0.05) is 55.4 Å². The maximum absolute atomic E-state index is 6.00. The van der Waals surface area contributed by atoms with E-state index in [9.17, 15) is 0 Å². The third kappa shape index (κ3) is 3.76. The monoisotopic (exact) mass is 376 g/mol. The van der Waals surface area contributed by atoms with Crippen molar-refractivity contribution in [2.24, 2.45) is 0 Å². The highest BCUT2D eigenvalue weighted by Gasteiger charge is 2.34. The number of hydrogen-bond donors (Lipinski definition) is 1. The standard InChI is InChI=1S/C22H24N4O2/c1-14(17-6-5-7-19-21(17)28-22(3,4)27-19)11-24-20-10-18(25-13-26-20)16-9-8-15(2)23-12-16/h5-10,12-14H,11H2,1-4H3,(H,24,25,26). The zero-order chi connectivity index (χ0) is 19.7. The Hall–Kier alpha value is -3.15. The minimum Gasteiger partial charge on any atom is -0.449 e. The average molecular weight is 376 g/mol. The van der Waals surface area contributed by atoms with Crippen molar-refractivity contribution in [1.29, 1.82) is 0 Å². The van der Waals surface area contributed by atoms with Crippen molar-refractivity contribution in [3.8, 4) is 22.8 Å². The minimum absolute atomic E-state index is 0.215. The second-order valence-corrected chi connectivity index (χ2v) is 7.54. The van der Waals surface area contributed by atoms with Crippen molar-refractivity contribution in [2.45, 2.75) is 39.4 Å². The van der Waals surface area contributed by atoms with Crippen LogP contribution in [0.15, 0.2) is 48.9 Å². The summed E-state index contributed by atoms with van der Waals surface area (Å²) >= 11 is 0. The summed E-state index contributed by atoms with van der Waals surface area (Å²) in [5.41, 5.74) is 3.91. The van der Waals surface area contributed by atoms with Crippen molar-refractivity contribution in [2.75, 3.05) is 11.9 Å². The van der Waals surface area contributed by atoms with E-state index >= 15 is 0 Å². The van der Waals surface area contributed by atoms with Crippen LogP contribution in [0.2, 0.25) is 0 Å². The van der Waals surface area contributed by atoms with Crippen LogP contribution in [0.5, 0.6) is 11.5 Å². The van der Waals surface area contributed by atoms with Crippen LogP contribution in [0.25, 0.3) is 11.3 Å². The molecular weight excluding hydrogens is 352 g/mol. The zero-order valence-electron chi connectivity index (χ0n) is 16.6. The molecule has 2 aromatic heterocycles. The lowest BCUT2D eigenvalue weighted by Gasteiger charge is -2.18. The molecule has 0 saturated heterocycles. The van der Waals surface area contributed by atoms with Gasteiger partial charge in [0.15, 0.2) is 11.5 Å². The van der Waals surface area contributed by atoms with Crippen LogP contribution in [-0.4, -0.2) is 27.3 Å². The molecule has 28 heavy (non-hydrogen) atoms. The lowest BCUT2D eigenvalue weighted by Crippen LogP contribution is -2.30. The Morgan fingerprint density at radius 3 is 2.71 bits per heavy atom. The molecule has 0 amide bonds. The number of hydrogen-bond acceptors (Lipinski definition) is 6. The highest BCUT2D eigenvalue weighted by Crippen LogP contribution is 2.44. The lowest BCUT2D eigenvalue weighted by molar-refractivity contribution is -0.0435. The Kier molecular flexibility index (Phi) is 4.63. The number of rotatable bonds is 5. The molecule has 6 nitrogen and oxygen atoms in total. The molecule has 3 aromatic rings. The van der Waals surface area contributed by atoms with Gasteiger partial charge < -0.3 is 14.8 Å². The second-order valence-electron chi connectivity index (χ2n) is 7.54. The van der Waals surface area contributed by atoms with Gasteiger partial charge in [0.2, 0.25) is 5.79 Å². The van der Waals surface area contributed by atoms with Gasteiger partial charge in [0.1, 0.15) is 12.1 Å². The summed E-state index contributed by atoms with van der Waals surface area (Å²) in [6.07, 6.45) is 3.40. The molecule has 4 rings (SSSR count). The second kappa shape index (κ2) is 7.11. The van der Waals surface area contributed by atoms with Gasteiger partial charge in [-0.05, 0) is 25.1 Å². The molecule has 1 aliphatic rings. The fourth-order valence-electron chi connectivity index (χ4n) is 3.24. The van der Waals surface area contributed by atoms with Gasteiger partial charge in [-0.1, -0.05) is 19.1 Å². The molecule has 0 spiro atoms. The van der Waals surface area contributed by atoms with E-state index in [0.29, 0.717) is 6.54 Å². The number of aromatic nitrogens is 3. The molecule has 0 aliphatic carbocycles. The van der Waals surface area contributed by atoms with Crippen molar-refractivity contribution < 1.29 is 9.47 Å². The molecule has 3 heterocycles. The van der Waals surface area contributed by atoms with E-state index in [1.54, 1.807) is 6.33 Å². The molecular formula is C22H24N4O2. The Labute approximate surface area is 165 Å². The molecule has 1 N–H and O–H groups in total. The largest absolute Gasteiger partial charge is 0.449 e. The topological polar surface area (TPSA) is 69.2 Å². The first-order valence-electron chi connectivity index (χ1n) is 9.41. The van der Waals surface area contributed by atoms with Gasteiger partial charge in [-0.15, -0.1) is 0 Å². The molecule has 0 saturated carbocycles. The number of benzene rings is 1. The smallest absolute Gasteiger partial charge is 0.246 e. The van der Waals surface area contributed by atoms with E-state index in [1.807, 2.05) is 57.3 Å². The zero-order valence-corrected chi connectivity index (χ0v) is 16.6. The SMILES string of the molecule is Cc1ccc(-c2cc(NCC(C)c3cccc4c3OC(C)(C)O4)ncn2)cn1. The molecule has 1 atom stereocenters. The van der Waals surface area contributed by atoms with Gasteiger partial charge in [0.25, 0.3) is 0 Å². The van der Waals surface area contributed by atoms with Crippen molar-refractivity contribution in [3.63, 3.8) is 0 Å². The molecule has 0 fully saturated rings. The first-order chi connectivity index (χ1) is 13.4. The molecule has 1 aliphatic heterocycles. The van der Waals surface area contributed by atoms with Gasteiger partial charge in [0.05, 0.1) is 5.69 Å². The van der Waals surface area contributed by atoms with Crippen LogP contribution in [0, 0.1) is 6.92 Å². The Balaban J connectivity index is 1.48. The van der Waals surface area contributed by atoms with Crippen LogP contribution in [0.4, 0.5) is 5.82 Å². The lowest BCUT2D eigenvalue weighted by atomic mass is 9.99. The van der Waals surface area contributed by atoms with E-state index in [4.69, 9.17) is 9.47 Å². The predicted octanol–water partition coefficient (Wildman–Crippen LogP) is 4.57. The Morgan fingerprint density at radius 1 is 1.07 bits per heavy atom. The number of fused-ring (bicyclic) bond motifs is 1. The number of anilines is 1.